The molecule has 0 unspecified atom stereocenters. The zero-order chi connectivity index (χ0) is 53.6. The first kappa shape index (κ1) is 49.6. The van der Waals surface area contributed by atoms with Gasteiger partial charge in [0.1, 0.15) is 5.58 Å². The highest BCUT2D eigenvalue weighted by Gasteiger charge is 2.55. The van der Waals surface area contributed by atoms with Crippen LogP contribution in [0.5, 0.6) is 0 Å². The summed E-state index contributed by atoms with van der Waals surface area (Å²) >= 11 is 0. The first-order valence-electron chi connectivity index (χ1n) is 30.3. The molecule has 7 aliphatic carbocycles. The van der Waals surface area contributed by atoms with E-state index in [9.17, 15) is 0 Å². The predicted octanol–water partition coefficient (Wildman–Crippen LogP) is 17.9. The highest BCUT2D eigenvalue weighted by atomic mass is 16.3. The van der Waals surface area contributed by atoms with E-state index >= 15 is 0 Å². The molecule has 4 bridgehead atoms. The molecule has 0 atom stereocenters. The second-order valence-electron chi connectivity index (χ2n) is 32.1. The fourth-order valence-electron chi connectivity index (χ4n) is 18.2. The number of anilines is 6. The molecule has 3 nitrogen and oxygen atoms in total. The van der Waals surface area contributed by atoms with Crippen LogP contribution in [-0.2, 0) is 43.3 Å². The Kier molecular flexibility index (Phi) is 10.0. The third kappa shape index (κ3) is 6.91. The molecule has 1 aromatic heterocycles. The number of furan rings is 1. The molecule has 396 valence electrons. The predicted molar refractivity (Wildman–Crippen MR) is 324 cm³/mol. The Balaban J connectivity index is 1.15. The van der Waals surface area contributed by atoms with Crippen molar-refractivity contribution in [1.29, 1.82) is 0 Å². The molecule has 4 fully saturated rings. The third-order valence-corrected chi connectivity index (χ3v) is 23.0. The number of rotatable bonds is 3. The van der Waals surface area contributed by atoms with E-state index in [-0.39, 0.29) is 50.0 Å². The van der Waals surface area contributed by atoms with E-state index in [0.29, 0.717) is 0 Å². The van der Waals surface area contributed by atoms with E-state index in [1.54, 1.807) is 11.1 Å². The monoisotopic (exact) mass is 1010 g/mol. The van der Waals surface area contributed by atoms with Gasteiger partial charge in [-0.2, -0.15) is 0 Å². The fraction of sp³-hybridized carbons (Fsp3) is 0.556. The number of benzene rings is 5. The quantitative estimate of drug-likeness (QED) is 0.164. The van der Waals surface area contributed by atoms with Crippen molar-refractivity contribution in [2.75, 3.05) is 9.80 Å². The van der Waals surface area contributed by atoms with Gasteiger partial charge in [-0.3, -0.25) is 0 Å². The van der Waals surface area contributed by atoms with Gasteiger partial charge >= 0.3 is 0 Å². The maximum Gasteiger partial charge on any atom is 0.297 e. The van der Waals surface area contributed by atoms with E-state index < -0.39 is 0 Å². The summed E-state index contributed by atoms with van der Waals surface area (Å²) in [4.78, 5) is 5.66. The van der Waals surface area contributed by atoms with Crippen LogP contribution in [0.1, 0.15) is 237 Å². The molecule has 0 N–H and O–H groups in total. The van der Waals surface area contributed by atoms with Gasteiger partial charge in [-0.15, -0.1) is 0 Å². The van der Waals surface area contributed by atoms with Gasteiger partial charge < -0.3 is 14.2 Å². The Labute approximate surface area is 458 Å². The van der Waals surface area contributed by atoms with E-state index in [4.69, 9.17) is 4.42 Å². The Morgan fingerprint density at radius 3 is 1.34 bits per heavy atom. The van der Waals surface area contributed by atoms with Crippen LogP contribution in [-0.4, -0.2) is 6.71 Å². The molecular formula is C72H89BN2O. The molecule has 0 radical (unpaired) electrons. The smallest absolute Gasteiger partial charge is 0.297 e. The van der Waals surface area contributed by atoms with Crippen LogP contribution in [0.4, 0.5) is 34.1 Å². The largest absolute Gasteiger partial charge is 0.468 e. The van der Waals surface area contributed by atoms with Gasteiger partial charge in [-0.25, -0.2) is 0 Å². The molecule has 5 aromatic carbocycles. The molecule has 0 saturated heterocycles. The average molecular weight is 1010 g/mol. The number of aryl methyl sites for hydroxylation is 2. The number of fused-ring (bicyclic) bond motifs is 9. The van der Waals surface area contributed by atoms with Crippen LogP contribution < -0.4 is 26.4 Å². The van der Waals surface area contributed by atoms with E-state index in [1.807, 2.05) is 0 Å². The van der Waals surface area contributed by atoms with Gasteiger partial charge in [0.2, 0.25) is 0 Å². The molecule has 0 spiro atoms. The third-order valence-electron chi connectivity index (χ3n) is 23.0. The summed E-state index contributed by atoms with van der Waals surface area (Å²) in [6.45, 7) is 42.0. The topological polar surface area (TPSA) is 19.6 Å². The SMILES string of the molecule is Cc1cc2c(cc1N1c3cc4c(cc3B3c5oc6ccc(C(C)(C)C)cc6c5N(c5cc6c(cc5C)C(C)(C)CCC6(C)C)c5cc(C67CC8CC(CC(C8)C6)C7)cc1c53)C(C)(C)CCC4(C)C)C(C)(C)CCC2(C)C. The minimum atomic E-state index is -0.0915. The van der Waals surface area contributed by atoms with Gasteiger partial charge in [-0.1, -0.05) is 128 Å². The van der Waals surface area contributed by atoms with Crippen LogP contribution in [0, 0.1) is 31.6 Å². The van der Waals surface area contributed by atoms with Gasteiger partial charge in [0.15, 0.2) is 0 Å². The molecule has 15 rings (SSSR count). The summed E-state index contributed by atoms with van der Waals surface area (Å²) < 4.78 is 7.74. The Hall–Kier alpha value is -4.70. The summed E-state index contributed by atoms with van der Waals surface area (Å²) in [7, 11) is 0. The van der Waals surface area contributed by atoms with Crippen LogP contribution >= 0.6 is 0 Å². The summed E-state index contributed by atoms with van der Waals surface area (Å²) in [5, 5.41) is 1.24. The maximum atomic E-state index is 7.74. The molecular weight excluding hydrogens is 920 g/mol. The minimum absolute atomic E-state index is 0.0299. The number of hydrogen-bond acceptors (Lipinski definition) is 3. The lowest BCUT2D eigenvalue weighted by Gasteiger charge is -2.57. The molecule has 76 heavy (non-hydrogen) atoms. The normalized spacial score (nSPS) is 27.1. The maximum absolute atomic E-state index is 7.74. The standard InChI is InChI=1S/C72H89BN2O/c1-41-26-49-52(69(12,13)23-20-66(49,6)7)35-56(41)74-58-37-54-51(68(10,11)22-25-71(54,16)17)34-55(58)73-62-59(74)32-47(72-38-43-28-44(39-72)30-45(29-43)40-72)33-60(62)75(63-48-31-46(65(3,4)5)18-19-61(48)76-64(63)73)57-36-53-50(27-42(57)2)67(8,9)21-24-70(53,14)15/h18-19,26-27,31-37,43-45H,20-25,28-30,38-40H2,1-17H3. The first-order valence-corrected chi connectivity index (χ1v) is 30.3. The Morgan fingerprint density at radius 2 is 0.882 bits per heavy atom. The second-order valence-corrected chi connectivity index (χ2v) is 32.1. The van der Waals surface area contributed by atoms with Gasteiger partial charge in [0.25, 0.3) is 6.71 Å². The van der Waals surface area contributed by atoms with Crippen LogP contribution in [0.3, 0.4) is 0 Å². The minimum Gasteiger partial charge on any atom is -0.468 e. The molecule has 2 aliphatic heterocycles. The number of hydrogen-bond donors (Lipinski definition) is 0. The lowest BCUT2D eigenvalue weighted by atomic mass is 9.35. The average Bonchev–Trinajstić information content (AvgIpc) is 3.77. The van der Waals surface area contributed by atoms with Crippen LogP contribution in [0.25, 0.3) is 11.0 Å². The zero-order valence-corrected chi connectivity index (χ0v) is 49.9. The van der Waals surface area contributed by atoms with Crippen molar-refractivity contribution < 1.29 is 4.42 Å². The highest BCUT2D eigenvalue weighted by molar-refractivity contribution is 7.00. The van der Waals surface area contributed by atoms with Crippen LogP contribution in [0.2, 0.25) is 0 Å². The van der Waals surface area contributed by atoms with Crippen molar-refractivity contribution in [3.63, 3.8) is 0 Å². The molecule has 3 heterocycles. The van der Waals surface area contributed by atoms with Crippen molar-refractivity contribution in [1.82, 2.24) is 0 Å². The molecule has 9 aliphatic rings. The van der Waals surface area contributed by atoms with E-state index in [0.717, 1.165) is 29.0 Å². The molecule has 0 amide bonds. The number of nitrogens with zero attached hydrogens (tertiary/aromatic N) is 2. The summed E-state index contributed by atoms with van der Waals surface area (Å²) in [5.74, 6) is 2.50. The van der Waals surface area contributed by atoms with Crippen molar-refractivity contribution in [2.24, 2.45) is 17.8 Å². The van der Waals surface area contributed by atoms with E-state index in [2.05, 4.69) is 194 Å². The molecule has 4 heteroatoms. The van der Waals surface area contributed by atoms with Crippen molar-refractivity contribution in [3.8, 4) is 0 Å². The summed E-state index contributed by atoms with van der Waals surface area (Å²) in [6.07, 6.45) is 15.4. The fourth-order valence-corrected chi connectivity index (χ4v) is 18.2. The van der Waals surface area contributed by atoms with Crippen LogP contribution in [0.15, 0.2) is 71.1 Å². The molecule has 4 saturated carbocycles. The zero-order valence-electron chi connectivity index (χ0n) is 49.9. The lowest BCUT2D eigenvalue weighted by Crippen LogP contribution is -2.61. The summed E-state index contributed by atoms with van der Waals surface area (Å²) in [6, 6.07) is 28.9. The van der Waals surface area contributed by atoms with Crippen molar-refractivity contribution in [3.05, 3.63) is 122 Å². The first-order chi connectivity index (χ1) is 35.5. The lowest BCUT2D eigenvalue weighted by molar-refractivity contribution is -0.00514. The van der Waals surface area contributed by atoms with Crippen molar-refractivity contribution >= 4 is 68.4 Å². The Morgan fingerprint density at radius 1 is 0.474 bits per heavy atom. The summed E-state index contributed by atoms with van der Waals surface area (Å²) in [5.41, 5.74) is 28.4. The highest BCUT2D eigenvalue weighted by Crippen LogP contribution is 2.63. The van der Waals surface area contributed by atoms with Gasteiger partial charge in [0, 0.05) is 33.8 Å². The van der Waals surface area contributed by atoms with Crippen molar-refractivity contribution in [2.45, 2.75) is 238 Å². The molecule has 6 aromatic rings. The van der Waals surface area contributed by atoms with E-state index in [1.165, 1.54) is 172 Å². The second kappa shape index (κ2) is 15.4. The Bertz CT molecular complexity index is 3470. The van der Waals surface area contributed by atoms with Gasteiger partial charge in [-0.05, 0) is 261 Å². The van der Waals surface area contributed by atoms with Gasteiger partial charge in [0.05, 0.1) is 11.3 Å².